The fourth-order valence-corrected chi connectivity index (χ4v) is 3.18. The highest BCUT2D eigenvalue weighted by Crippen LogP contribution is 2.56. The number of rotatable bonds is 8. The molecule has 0 aliphatic carbocycles. The third kappa shape index (κ3) is 4.51. The zero-order valence-corrected chi connectivity index (χ0v) is 16.0. The Kier molecular flexibility index (Phi) is 6.91. The molecule has 1 unspecified atom stereocenters. The molecule has 0 radical (unpaired) electrons. The molecule has 178 valence electrons. The Morgan fingerprint density at radius 3 is 1.65 bits per heavy atom. The zero-order valence-electron chi connectivity index (χ0n) is 15.2. The second-order valence-electron chi connectivity index (χ2n) is 6.30. The van der Waals surface area contributed by atoms with Crippen LogP contribution in [0, 0.1) is 6.92 Å². The van der Waals surface area contributed by atoms with Gasteiger partial charge >= 0.3 is 23.9 Å². The van der Waals surface area contributed by atoms with Gasteiger partial charge in [-0.2, -0.15) is 47.9 Å². The fourth-order valence-electron chi connectivity index (χ4n) is 2.08. The van der Waals surface area contributed by atoms with Crippen LogP contribution >= 0.6 is 0 Å². The molecule has 0 bridgehead atoms. The lowest BCUT2D eigenvalue weighted by Gasteiger charge is -2.41. The van der Waals surface area contributed by atoms with Gasteiger partial charge in [0.1, 0.15) is 0 Å². The molecule has 1 aromatic rings. The first-order chi connectivity index (χ1) is 13.5. The molecule has 0 heterocycles. The van der Waals surface area contributed by atoms with Crippen LogP contribution in [0.4, 0.5) is 39.5 Å². The molecule has 0 saturated carbocycles. The zero-order chi connectivity index (χ0) is 24.8. The maximum atomic E-state index is 14.0. The Labute approximate surface area is 168 Å². The molecule has 0 amide bonds. The minimum Gasteiger partial charge on any atom is -0.358 e. The maximum absolute atomic E-state index is 14.0. The summed E-state index contributed by atoms with van der Waals surface area (Å²) in [6, 6.07) is 3.72. The number of aliphatic hydroxyl groups is 2. The van der Waals surface area contributed by atoms with Crippen LogP contribution in [0.2, 0.25) is 0 Å². The smallest absolute Gasteiger partial charge is 0.358 e. The predicted octanol–water partition coefficient (Wildman–Crippen LogP) is 2.81. The van der Waals surface area contributed by atoms with Gasteiger partial charge in [0.15, 0.2) is 11.9 Å². The molecule has 2 N–H and O–H groups in total. The Bertz CT molecular complexity index is 923. The summed E-state index contributed by atoms with van der Waals surface area (Å²) in [4.78, 5) is 10.6. The highest BCUT2D eigenvalue weighted by Gasteiger charge is 2.87. The number of carbonyl (C=O) groups is 1. The van der Waals surface area contributed by atoms with Gasteiger partial charge in [0.2, 0.25) is 0 Å². The normalized spacial score (nSPS) is 15.6. The summed E-state index contributed by atoms with van der Waals surface area (Å²) in [5.74, 6) is -30.2. The molecule has 0 aliphatic rings. The van der Waals surface area contributed by atoms with Gasteiger partial charge in [0, 0.05) is 0 Å². The Hall–Kier alpha value is -1.91. The summed E-state index contributed by atoms with van der Waals surface area (Å²) >= 11 is 0. The molecule has 0 saturated heterocycles. The fraction of sp³-hybridized carbons (Fsp3) is 0.533. The number of halogens is 9. The number of benzene rings is 1. The summed E-state index contributed by atoms with van der Waals surface area (Å²) in [6.07, 6.45) is -11.2. The minimum atomic E-state index is -7.56. The first-order valence-corrected chi connectivity index (χ1v) is 9.10. The summed E-state index contributed by atoms with van der Waals surface area (Å²) in [7, 11) is -5.40. The van der Waals surface area contributed by atoms with Gasteiger partial charge in [-0.3, -0.25) is 4.79 Å². The van der Waals surface area contributed by atoms with Crippen molar-refractivity contribution in [1.82, 2.24) is 0 Å². The topological polar surface area (TPSA) is 101 Å². The lowest BCUT2D eigenvalue weighted by molar-refractivity contribution is -0.446. The molecule has 0 aliphatic heterocycles. The van der Waals surface area contributed by atoms with E-state index >= 15 is 0 Å². The van der Waals surface area contributed by atoms with E-state index in [0.717, 1.165) is 24.3 Å². The van der Waals surface area contributed by atoms with Crippen molar-refractivity contribution in [2.75, 3.05) is 0 Å². The van der Waals surface area contributed by atoms with Crippen molar-refractivity contribution in [3.8, 4) is 0 Å². The average Bonchev–Trinajstić information content (AvgIpc) is 2.58. The molecule has 0 fully saturated rings. The molecule has 1 aromatic carbocycles. The van der Waals surface area contributed by atoms with Gasteiger partial charge in [-0.25, -0.2) is 4.18 Å². The molecule has 0 spiro atoms. The van der Waals surface area contributed by atoms with E-state index in [2.05, 4.69) is 4.18 Å². The van der Waals surface area contributed by atoms with Crippen LogP contribution in [0.3, 0.4) is 0 Å². The van der Waals surface area contributed by atoms with Crippen LogP contribution in [0.15, 0.2) is 29.2 Å². The summed E-state index contributed by atoms with van der Waals surface area (Å²) < 4.78 is 146. The highest BCUT2D eigenvalue weighted by molar-refractivity contribution is 7.86. The van der Waals surface area contributed by atoms with Crippen LogP contribution < -0.4 is 0 Å². The molecule has 31 heavy (non-hydrogen) atoms. The van der Waals surface area contributed by atoms with Gasteiger partial charge in [-0.05, 0) is 26.0 Å². The van der Waals surface area contributed by atoms with Gasteiger partial charge in [0.05, 0.1) is 4.90 Å². The van der Waals surface area contributed by atoms with E-state index < -0.39 is 56.6 Å². The Balaban J connectivity index is 3.54. The molecular weight excluding hydrogens is 479 g/mol. The van der Waals surface area contributed by atoms with E-state index in [0.29, 0.717) is 5.56 Å². The molecule has 1 atom stereocenters. The lowest BCUT2D eigenvalue weighted by atomic mass is 9.91. The van der Waals surface area contributed by atoms with E-state index in [-0.39, 0.29) is 6.92 Å². The summed E-state index contributed by atoms with van der Waals surface area (Å²) in [5.41, 5.74) is 0.446. The number of hydrogen-bond donors (Lipinski definition) is 2. The van der Waals surface area contributed by atoms with E-state index in [4.69, 9.17) is 0 Å². The van der Waals surface area contributed by atoms with Gasteiger partial charge in [-0.15, -0.1) is 0 Å². The van der Waals surface area contributed by atoms with Crippen molar-refractivity contribution in [2.24, 2.45) is 0 Å². The van der Waals surface area contributed by atoms with Gasteiger partial charge in [-0.1, -0.05) is 17.7 Å². The van der Waals surface area contributed by atoms with Gasteiger partial charge < -0.3 is 10.2 Å². The van der Waals surface area contributed by atoms with Crippen molar-refractivity contribution in [3.05, 3.63) is 29.8 Å². The Morgan fingerprint density at radius 1 is 0.871 bits per heavy atom. The van der Waals surface area contributed by atoms with Crippen molar-refractivity contribution in [1.29, 1.82) is 0 Å². The van der Waals surface area contributed by atoms with Crippen molar-refractivity contribution >= 4 is 15.9 Å². The van der Waals surface area contributed by atoms with E-state index in [1.54, 1.807) is 0 Å². The summed E-state index contributed by atoms with van der Waals surface area (Å²) in [5, 5.41) is 18.8. The van der Waals surface area contributed by atoms with Crippen LogP contribution in [0.25, 0.3) is 0 Å². The van der Waals surface area contributed by atoms with E-state index in [1.165, 1.54) is 6.92 Å². The molecule has 6 nitrogen and oxygen atoms in total. The monoisotopic (exact) mass is 492 g/mol. The molecule has 1 rings (SSSR count). The van der Waals surface area contributed by atoms with Crippen LogP contribution in [-0.4, -0.2) is 60.2 Å². The number of aryl methyl sites for hydroxylation is 1. The third-order valence-corrected chi connectivity index (χ3v) is 5.17. The largest absolute Gasteiger partial charge is 0.460 e. The second kappa shape index (κ2) is 7.90. The maximum Gasteiger partial charge on any atom is 0.460 e. The number of hydrogen-bond acceptors (Lipinski definition) is 6. The molecular formula is C15H13F9O6S. The van der Waals surface area contributed by atoms with Crippen LogP contribution in [-0.2, 0) is 19.1 Å². The number of carbonyl (C=O) groups excluding carboxylic acids is 1. The molecule has 16 heteroatoms. The lowest BCUT2D eigenvalue weighted by Crippen LogP contribution is -2.72. The minimum absolute atomic E-state index is 0.104. The highest BCUT2D eigenvalue weighted by atomic mass is 32.2. The SMILES string of the molecule is CC(=O)C(OS(=O)(=O)c1ccc(C)cc1)C(O)(O)C(F)(F)C(F)(F)C(F)(F)C(F)(F)F. The van der Waals surface area contributed by atoms with Crippen molar-refractivity contribution in [2.45, 2.75) is 54.6 Å². The molecule has 0 aromatic heterocycles. The van der Waals surface area contributed by atoms with Gasteiger partial charge in [0.25, 0.3) is 15.9 Å². The summed E-state index contributed by atoms with van der Waals surface area (Å²) in [6.45, 7) is 1.57. The number of alkyl halides is 9. The third-order valence-electron chi connectivity index (χ3n) is 3.87. The number of Topliss-reactive ketones (excluding diaryl/α,β-unsaturated/α-hetero) is 1. The Morgan fingerprint density at radius 2 is 1.29 bits per heavy atom. The standard InChI is InChI=1S/C15H13F9O6S/c1-7-3-5-9(6-4-7)31(28,29)30-10(8(2)25)11(26,27)12(16,17)13(18,19)14(20,21)15(22,23)24/h3-6,10,26-27H,1-2H3. The van der Waals surface area contributed by atoms with Crippen molar-refractivity contribution in [3.63, 3.8) is 0 Å². The van der Waals surface area contributed by atoms with E-state index in [1.807, 2.05) is 0 Å². The first kappa shape index (κ1) is 27.1. The quantitative estimate of drug-likeness (QED) is 0.329. The first-order valence-electron chi connectivity index (χ1n) is 7.69. The van der Waals surface area contributed by atoms with Crippen LogP contribution in [0.1, 0.15) is 12.5 Å². The predicted molar refractivity (Wildman–Crippen MR) is 82.0 cm³/mol. The average molecular weight is 492 g/mol. The second-order valence-corrected chi connectivity index (χ2v) is 7.87. The number of ketones is 1. The van der Waals surface area contributed by atoms with E-state index in [9.17, 15) is 62.9 Å². The van der Waals surface area contributed by atoms with Crippen LogP contribution in [0.5, 0.6) is 0 Å². The van der Waals surface area contributed by atoms with Crippen molar-refractivity contribution < 1.29 is 67.1 Å².